The lowest BCUT2D eigenvalue weighted by Gasteiger charge is -2.32. The van der Waals surface area contributed by atoms with Crippen LogP contribution in [-0.4, -0.2) is 44.6 Å². The molecule has 1 N–H and O–H groups in total. The number of nitriles is 1. The second-order valence-electron chi connectivity index (χ2n) is 6.98. The van der Waals surface area contributed by atoms with Crippen LogP contribution in [0, 0.1) is 24.2 Å². The summed E-state index contributed by atoms with van der Waals surface area (Å²) in [5.41, 5.74) is 1.11. The van der Waals surface area contributed by atoms with Gasteiger partial charge in [-0.3, -0.25) is 0 Å². The second-order valence-corrected chi connectivity index (χ2v) is 8.75. The molecule has 1 aromatic heterocycles. The first-order chi connectivity index (χ1) is 13.9. The Hall–Kier alpha value is -2.70. The molecule has 0 bridgehead atoms. The van der Waals surface area contributed by atoms with Gasteiger partial charge in [-0.15, -0.1) is 0 Å². The first kappa shape index (κ1) is 21.0. The average molecular weight is 416 g/mol. The minimum atomic E-state index is -3.57. The zero-order valence-electron chi connectivity index (χ0n) is 16.6. The molecular weight excluding hydrogens is 390 g/mol. The van der Waals surface area contributed by atoms with E-state index in [4.69, 9.17) is 4.74 Å². The number of rotatable bonds is 7. The van der Waals surface area contributed by atoms with Crippen LogP contribution >= 0.6 is 0 Å². The van der Waals surface area contributed by atoms with Gasteiger partial charge in [0.2, 0.25) is 10.0 Å². The Kier molecular flexibility index (Phi) is 6.67. The van der Waals surface area contributed by atoms with E-state index in [9.17, 15) is 13.7 Å². The highest BCUT2D eigenvalue weighted by Crippen LogP contribution is 2.24. The lowest BCUT2D eigenvalue weighted by atomic mass is 9.97. The van der Waals surface area contributed by atoms with Gasteiger partial charge in [0.05, 0.1) is 11.5 Å². The molecular formula is C20H25N5O3S. The molecule has 8 nitrogen and oxygen atoms in total. The van der Waals surface area contributed by atoms with Crippen molar-refractivity contribution < 1.29 is 13.2 Å². The van der Waals surface area contributed by atoms with Gasteiger partial charge in [-0.05, 0) is 56.4 Å². The van der Waals surface area contributed by atoms with Gasteiger partial charge >= 0.3 is 0 Å². The minimum Gasteiger partial charge on any atom is -0.494 e. The molecule has 9 heteroatoms. The number of hydrogen-bond donors (Lipinski definition) is 1. The van der Waals surface area contributed by atoms with Crippen LogP contribution in [0.25, 0.3) is 0 Å². The van der Waals surface area contributed by atoms with E-state index in [2.05, 4.69) is 20.8 Å². The summed E-state index contributed by atoms with van der Waals surface area (Å²) >= 11 is 0. The van der Waals surface area contributed by atoms with Crippen LogP contribution in [0.15, 0.2) is 35.5 Å². The molecule has 1 fully saturated rings. The molecule has 0 spiro atoms. The van der Waals surface area contributed by atoms with Crippen molar-refractivity contribution >= 4 is 15.8 Å². The van der Waals surface area contributed by atoms with Crippen molar-refractivity contribution in [1.29, 1.82) is 5.26 Å². The number of nitrogens with zero attached hydrogens (tertiary/aromatic N) is 4. The summed E-state index contributed by atoms with van der Waals surface area (Å²) in [7, 11) is -3.57. The molecule has 1 aromatic carbocycles. The quantitative estimate of drug-likeness (QED) is 0.739. The van der Waals surface area contributed by atoms with Crippen LogP contribution in [0.3, 0.4) is 0 Å². The lowest BCUT2D eigenvalue weighted by molar-refractivity contribution is 0.337. The first-order valence-corrected chi connectivity index (χ1v) is 11.1. The largest absolute Gasteiger partial charge is 0.494 e. The fourth-order valence-corrected chi connectivity index (χ4v) is 4.61. The topological polar surface area (TPSA) is 108 Å². The number of aryl methyl sites for hydroxylation is 1. The summed E-state index contributed by atoms with van der Waals surface area (Å²) in [6, 6.07) is 6.96. The number of anilines is 1. The molecule has 0 unspecified atom stereocenters. The Morgan fingerprint density at radius 2 is 2.00 bits per heavy atom. The van der Waals surface area contributed by atoms with E-state index in [1.165, 1.54) is 6.20 Å². The maximum Gasteiger partial charge on any atom is 0.240 e. The molecule has 0 aliphatic carbocycles. The van der Waals surface area contributed by atoms with Crippen molar-refractivity contribution in [2.24, 2.45) is 5.92 Å². The molecule has 0 radical (unpaired) electrons. The molecule has 0 atom stereocenters. The molecule has 154 valence electrons. The van der Waals surface area contributed by atoms with E-state index in [0.717, 1.165) is 18.4 Å². The number of ether oxygens (including phenoxy) is 1. The molecule has 2 heterocycles. The fourth-order valence-electron chi connectivity index (χ4n) is 3.41. The van der Waals surface area contributed by atoms with Crippen molar-refractivity contribution in [2.75, 3.05) is 31.1 Å². The Morgan fingerprint density at radius 3 is 2.66 bits per heavy atom. The predicted octanol–water partition coefficient (Wildman–Crippen LogP) is 2.25. The maximum absolute atomic E-state index is 12.6. The third-order valence-corrected chi connectivity index (χ3v) is 6.44. The van der Waals surface area contributed by atoms with Crippen molar-refractivity contribution in [1.82, 2.24) is 14.7 Å². The molecule has 0 amide bonds. The maximum atomic E-state index is 12.6. The van der Waals surface area contributed by atoms with Crippen molar-refractivity contribution in [3.63, 3.8) is 0 Å². The zero-order chi connectivity index (χ0) is 20.9. The molecule has 1 aliphatic rings. The van der Waals surface area contributed by atoms with Crippen molar-refractivity contribution in [2.45, 2.75) is 31.6 Å². The van der Waals surface area contributed by atoms with Gasteiger partial charge < -0.3 is 9.64 Å². The third kappa shape index (κ3) is 5.02. The molecule has 1 aliphatic heterocycles. The summed E-state index contributed by atoms with van der Waals surface area (Å²) < 4.78 is 33.5. The van der Waals surface area contributed by atoms with Crippen LogP contribution in [0.4, 0.5) is 5.82 Å². The number of hydrogen-bond acceptors (Lipinski definition) is 7. The molecule has 1 saturated heterocycles. The Labute approximate surface area is 171 Å². The van der Waals surface area contributed by atoms with Crippen molar-refractivity contribution in [3.8, 4) is 11.8 Å². The van der Waals surface area contributed by atoms with E-state index in [-0.39, 0.29) is 10.8 Å². The lowest BCUT2D eigenvalue weighted by Crippen LogP contribution is -2.39. The highest BCUT2D eigenvalue weighted by molar-refractivity contribution is 7.89. The molecule has 3 rings (SSSR count). The van der Waals surface area contributed by atoms with Crippen LogP contribution in [-0.2, 0) is 10.0 Å². The molecule has 2 aromatic rings. The highest BCUT2D eigenvalue weighted by atomic mass is 32.2. The minimum absolute atomic E-state index is 0.229. The number of sulfonamides is 1. The summed E-state index contributed by atoms with van der Waals surface area (Å²) in [6.45, 7) is 6.07. The standard InChI is InChI=1S/C20H25N5O3S/c1-3-28-19-5-4-17(12-15(19)2)29(26,27)24-14-16-6-10-25(11-7-16)20-18(13-21)22-8-9-23-20/h4-5,8-9,12,16,24H,3,6-7,10-11,14H2,1-2H3. The van der Waals surface area contributed by atoms with Gasteiger partial charge in [0.25, 0.3) is 0 Å². The van der Waals surface area contributed by atoms with E-state index >= 15 is 0 Å². The monoisotopic (exact) mass is 415 g/mol. The summed E-state index contributed by atoms with van der Waals surface area (Å²) in [6.07, 6.45) is 4.71. The van der Waals surface area contributed by atoms with Crippen molar-refractivity contribution in [3.05, 3.63) is 41.9 Å². The van der Waals surface area contributed by atoms with Gasteiger partial charge in [0.1, 0.15) is 11.8 Å². The van der Waals surface area contributed by atoms with Crippen LogP contribution in [0.1, 0.15) is 31.0 Å². The average Bonchev–Trinajstić information content (AvgIpc) is 2.74. The van der Waals surface area contributed by atoms with Crippen LogP contribution in [0.2, 0.25) is 0 Å². The number of benzene rings is 1. The van der Waals surface area contributed by atoms with Gasteiger partial charge in [0.15, 0.2) is 11.5 Å². The molecule has 29 heavy (non-hydrogen) atoms. The van der Waals surface area contributed by atoms with Gasteiger partial charge in [-0.2, -0.15) is 5.26 Å². The normalized spacial score (nSPS) is 15.1. The Balaban J connectivity index is 1.57. The highest BCUT2D eigenvalue weighted by Gasteiger charge is 2.24. The fraction of sp³-hybridized carbons (Fsp3) is 0.450. The number of piperidine rings is 1. The van der Waals surface area contributed by atoms with Gasteiger partial charge in [-0.25, -0.2) is 23.1 Å². The van der Waals surface area contributed by atoms with Crippen LogP contribution < -0.4 is 14.4 Å². The summed E-state index contributed by atoms with van der Waals surface area (Å²) in [5, 5.41) is 9.19. The Bertz CT molecular complexity index is 995. The van der Waals surface area contributed by atoms with E-state index in [0.29, 0.717) is 43.5 Å². The SMILES string of the molecule is CCOc1ccc(S(=O)(=O)NCC2CCN(c3nccnc3C#N)CC2)cc1C. The van der Waals surface area contributed by atoms with E-state index in [1.807, 2.05) is 18.7 Å². The zero-order valence-corrected chi connectivity index (χ0v) is 17.4. The third-order valence-electron chi connectivity index (χ3n) is 5.02. The summed E-state index contributed by atoms with van der Waals surface area (Å²) in [4.78, 5) is 10.6. The van der Waals surface area contributed by atoms with Crippen LogP contribution in [0.5, 0.6) is 5.75 Å². The van der Waals surface area contributed by atoms with Gasteiger partial charge in [0, 0.05) is 32.0 Å². The number of aromatic nitrogens is 2. The predicted molar refractivity (Wildman–Crippen MR) is 109 cm³/mol. The van der Waals surface area contributed by atoms with E-state index in [1.54, 1.807) is 24.4 Å². The molecule has 0 saturated carbocycles. The number of nitrogens with one attached hydrogen (secondary N) is 1. The Morgan fingerprint density at radius 1 is 1.28 bits per heavy atom. The second kappa shape index (κ2) is 9.20. The summed E-state index contributed by atoms with van der Waals surface area (Å²) in [5.74, 6) is 1.52. The first-order valence-electron chi connectivity index (χ1n) is 9.63. The van der Waals surface area contributed by atoms with Gasteiger partial charge in [-0.1, -0.05) is 0 Å². The van der Waals surface area contributed by atoms with E-state index < -0.39 is 10.0 Å². The smallest absolute Gasteiger partial charge is 0.240 e.